The van der Waals surface area contributed by atoms with Gasteiger partial charge in [0.2, 0.25) is 0 Å². The molecule has 0 atom stereocenters. The lowest BCUT2D eigenvalue weighted by Gasteiger charge is -2.27. The standard InChI is InChI=1S/C11H20N4/c1-11(2,3)8-15(4)10-5-6-13-9(7-12)14-10/h5-6H,7-8,12H2,1-4H3. The van der Waals surface area contributed by atoms with Gasteiger partial charge in [0.1, 0.15) is 11.6 Å². The van der Waals surface area contributed by atoms with Crippen LogP contribution < -0.4 is 10.6 Å². The summed E-state index contributed by atoms with van der Waals surface area (Å²) < 4.78 is 0. The van der Waals surface area contributed by atoms with Crippen LogP contribution in [-0.2, 0) is 6.54 Å². The number of nitrogens with zero attached hydrogens (tertiary/aromatic N) is 3. The van der Waals surface area contributed by atoms with Crippen molar-refractivity contribution in [3.63, 3.8) is 0 Å². The van der Waals surface area contributed by atoms with E-state index in [4.69, 9.17) is 5.73 Å². The van der Waals surface area contributed by atoms with Crippen molar-refractivity contribution in [2.45, 2.75) is 27.3 Å². The zero-order valence-electron chi connectivity index (χ0n) is 9.99. The first-order valence-corrected chi connectivity index (χ1v) is 5.15. The predicted octanol–water partition coefficient (Wildman–Crippen LogP) is 1.42. The third-order valence-corrected chi connectivity index (χ3v) is 1.98. The van der Waals surface area contributed by atoms with Crippen LogP contribution in [0.5, 0.6) is 0 Å². The van der Waals surface area contributed by atoms with Crippen molar-refractivity contribution in [1.29, 1.82) is 0 Å². The minimum Gasteiger partial charge on any atom is -0.359 e. The van der Waals surface area contributed by atoms with Crippen molar-refractivity contribution in [2.24, 2.45) is 11.1 Å². The largest absolute Gasteiger partial charge is 0.359 e. The van der Waals surface area contributed by atoms with E-state index in [1.54, 1.807) is 6.20 Å². The number of anilines is 1. The van der Waals surface area contributed by atoms with Gasteiger partial charge < -0.3 is 10.6 Å². The SMILES string of the molecule is CN(CC(C)(C)C)c1ccnc(CN)n1. The molecule has 0 amide bonds. The number of hydrogen-bond acceptors (Lipinski definition) is 4. The molecule has 0 bridgehead atoms. The van der Waals surface area contributed by atoms with Crippen LogP contribution in [0.1, 0.15) is 26.6 Å². The smallest absolute Gasteiger partial charge is 0.144 e. The maximum absolute atomic E-state index is 5.50. The fraction of sp³-hybridized carbons (Fsp3) is 0.636. The monoisotopic (exact) mass is 208 g/mol. The maximum Gasteiger partial charge on any atom is 0.144 e. The van der Waals surface area contributed by atoms with E-state index in [0.717, 1.165) is 12.4 Å². The molecule has 0 aromatic carbocycles. The van der Waals surface area contributed by atoms with Crippen molar-refractivity contribution in [3.05, 3.63) is 18.1 Å². The lowest BCUT2D eigenvalue weighted by atomic mass is 9.96. The van der Waals surface area contributed by atoms with Crippen molar-refractivity contribution in [2.75, 3.05) is 18.5 Å². The van der Waals surface area contributed by atoms with Crippen LogP contribution in [0.2, 0.25) is 0 Å². The summed E-state index contributed by atoms with van der Waals surface area (Å²) in [7, 11) is 2.04. The summed E-state index contributed by atoms with van der Waals surface area (Å²) in [5, 5.41) is 0. The highest BCUT2D eigenvalue weighted by molar-refractivity contribution is 5.36. The van der Waals surface area contributed by atoms with Gasteiger partial charge in [-0.05, 0) is 11.5 Å². The van der Waals surface area contributed by atoms with Crippen molar-refractivity contribution < 1.29 is 0 Å². The van der Waals surface area contributed by atoms with Gasteiger partial charge in [0.25, 0.3) is 0 Å². The second-order valence-corrected chi connectivity index (χ2v) is 4.95. The minimum absolute atomic E-state index is 0.253. The fourth-order valence-electron chi connectivity index (χ4n) is 1.49. The Morgan fingerprint density at radius 2 is 2.07 bits per heavy atom. The molecule has 4 nitrogen and oxygen atoms in total. The molecule has 1 aromatic rings. The van der Waals surface area contributed by atoms with Crippen LogP contribution in [0.4, 0.5) is 5.82 Å². The molecular weight excluding hydrogens is 188 g/mol. The van der Waals surface area contributed by atoms with Crippen LogP contribution in [0.25, 0.3) is 0 Å². The number of nitrogens with two attached hydrogens (primary N) is 1. The normalized spacial score (nSPS) is 11.5. The third kappa shape index (κ3) is 3.83. The predicted molar refractivity (Wildman–Crippen MR) is 62.6 cm³/mol. The van der Waals surface area contributed by atoms with Gasteiger partial charge in [-0.25, -0.2) is 9.97 Å². The van der Waals surface area contributed by atoms with E-state index in [2.05, 4.69) is 35.6 Å². The molecule has 0 saturated heterocycles. The molecule has 0 aliphatic carbocycles. The van der Waals surface area contributed by atoms with Crippen LogP contribution >= 0.6 is 0 Å². The molecule has 0 fully saturated rings. The fourth-order valence-corrected chi connectivity index (χ4v) is 1.49. The first-order valence-electron chi connectivity index (χ1n) is 5.15. The topological polar surface area (TPSA) is 55.0 Å². The summed E-state index contributed by atoms with van der Waals surface area (Å²) in [5.41, 5.74) is 5.76. The van der Waals surface area contributed by atoms with E-state index in [-0.39, 0.29) is 5.41 Å². The van der Waals surface area contributed by atoms with E-state index in [9.17, 15) is 0 Å². The molecule has 0 radical (unpaired) electrons. The first kappa shape index (κ1) is 11.9. The summed E-state index contributed by atoms with van der Waals surface area (Å²) in [5.74, 6) is 1.62. The average molecular weight is 208 g/mol. The Labute approximate surface area is 91.5 Å². The Bertz CT molecular complexity index is 317. The van der Waals surface area contributed by atoms with E-state index in [1.165, 1.54) is 0 Å². The first-order chi connectivity index (χ1) is 6.92. The summed E-state index contributed by atoms with van der Waals surface area (Å²) >= 11 is 0. The molecule has 0 spiro atoms. The van der Waals surface area contributed by atoms with Gasteiger partial charge in [0.15, 0.2) is 0 Å². The summed E-state index contributed by atoms with van der Waals surface area (Å²) in [6.45, 7) is 7.95. The molecule has 84 valence electrons. The number of aromatic nitrogens is 2. The van der Waals surface area contributed by atoms with Gasteiger partial charge >= 0.3 is 0 Å². The number of rotatable bonds is 3. The average Bonchev–Trinajstić information content (AvgIpc) is 2.15. The van der Waals surface area contributed by atoms with Crippen LogP contribution in [-0.4, -0.2) is 23.6 Å². The van der Waals surface area contributed by atoms with E-state index < -0.39 is 0 Å². The molecule has 2 N–H and O–H groups in total. The molecule has 1 aromatic heterocycles. The second-order valence-electron chi connectivity index (χ2n) is 4.95. The van der Waals surface area contributed by atoms with Gasteiger partial charge in [-0.2, -0.15) is 0 Å². The van der Waals surface area contributed by atoms with Gasteiger partial charge in [-0.15, -0.1) is 0 Å². The van der Waals surface area contributed by atoms with Crippen LogP contribution in [0.3, 0.4) is 0 Å². The summed E-state index contributed by atoms with van der Waals surface area (Å²) in [4.78, 5) is 10.6. The molecule has 15 heavy (non-hydrogen) atoms. The zero-order chi connectivity index (χ0) is 11.5. The Morgan fingerprint density at radius 3 is 2.60 bits per heavy atom. The highest BCUT2D eigenvalue weighted by Gasteiger charge is 2.14. The molecule has 0 saturated carbocycles. The highest BCUT2D eigenvalue weighted by atomic mass is 15.2. The van der Waals surface area contributed by atoms with E-state index >= 15 is 0 Å². The van der Waals surface area contributed by atoms with Gasteiger partial charge in [-0.1, -0.05) is 20.8 Å². The third-order valence-electron chi connectivity index (χ3n) is 1.98. The molecule has 0 unspecified atom stereocenters. The van der Waals surface area contributed by atoms with Gasteiger partial charge in [-0.3, -0.25) is 0 Å². The zero-order valence-corrected chi connectivity index (χ0v) is 9.99. The maximum atomic E-state index is 5.50. The Balaban J connectivity index is 2.77. The summed E-state index contributed by atoms with van der Waals surface area (Å²) in [6, 6.07) is 1.91. The van der Waals surface area contributed by atoms with Gasteiger partial charge in [0.05, 0.1) is 6.54 Å². The molecule has 1 rings (SSSR count). The molecular formula is C11H20N4. The Morgan fingerprint density at radius 1 is 1.40 bits per heavy atom. The molecule has 1 heterocycles. The summed E-state index contributed by atoms with van der Waals surface area (Å²) in [6.07, 6.45) is 1.75. The minimum atomic E-state index is 0.253. The second kappa shape index (κ2) is 4.57. The van der Waals surface area contributed by atoms with E-state index in [0.29, 0.717) is 12.4 Å². The molecule has 0 aliphatic heterocycles. The highest BCUT2D eigenvalue weighted by Crippen LogP contribution is 2.18. The molecule has 4 heteroatoms. The Kier molecular flexibility index (Phi) is 3.63. The van der Waals surface area contributed by atoms with Crippen LogP contribution in [0, 0.1) is 5.41 Å². The quantitative estimate of drug-likeness (QED) is 0.816. The number of hydrogen-bond donors (Lipinski definition) is 1. The van der Waals surface area contributed by atoms with Crippen molar-refractivity contribution in [1.82, 2.24) is 9.97 Å². The Hall–Kier alpha value is -1.16. The van der Waals surface area contributed by atoms with Gasteiger partial charge in [0, 0.05) is 19.8 Å². The van der Waals surface area contributed by atoms with Crippen LogP contribution in [0.15, 0.2) is 12.3 Å². The van der Waals surface area contributed by atoms with Crippen molar-refractivity contribution >= 4 is 5.82 Å². The van der Waals surface area contributed by atoms with E-state index in [1.807, 2.05) is 13.1 Å². The lowest BCUT2D eigenvalue weighted by Crippen LogP contribution is -2.30. The van der Waals surface area contributed by atoms with Crippen molar-refractivity contribution in [3.8, 4) is 0 Å². The molecule has 0 aliphatic rings. The lowest BCUT2D eigenvalue weighted by molar-refractivity contribution is 0.417.